The van der Waals surface area contributed by atoms with Crippen LogP contribution in [0.15, 0.2) is 45.4 Å². The van der Waals surface area contributed by atoms with Gasteiger partial charge in [-0.1, -0.05) is 12.8 Å². The molecule has 24 heavy (non-hydrogen) atoms. The minimum atomic E-state index is -0.311. The van der Waals surface area contributed by atoms with Gasteiger partial charge in [0.2, 0.25) is 0 Å². The van der Waals surface area contributed by atoms with Crippen molar-refractivity contribution in [2.75, 3.05) is 6.54 Å². The molecule has 1 fully saturated rings. The third-order valence-corrected chi connectivity index (χ3v) is 5.23. The van der Waals surface area contributed by atoms with E-state index < -0.39 is 0 Å². The Kier molecular flexibility index (Phi) is 3.93. The topological polar surface area (TPSA) is 67.8 Å². The SMILES string of the molecule is O=C(c1cnc2sccn2c1=O)N1CCCCC[C@H]1c1ccco1. The molecule has 0 unspecified atom stereocenters. The molecule has 4 rings (SSSR count). The van der Waals surface area contributed by atoms with E-state index in [0.717, 1.165) is 31.4 Å². The van der Waals surface area contributed by atoms with Gasteiger partial charge in [-0.25, -0.2) is 4.98 Å². The molecule has 7 heteroatoms. The molecule has 0 radical (unpaired) electrons. The molecule has 0 spiro atoms. The number of nitrogens with zero attached hydrogens (tertiary/aromatic N) is 3. The molecule has 3 aromatic rings. The fraction of sp³-hybridized carbons (Fsp3) is 0.353. The van der Waals surface area contributed by atoms with Crippen LogP contribution in [0.1, 0.15) is 47.8 Å². The van der Waals surface area contributed by atoms with Crippen molar-refractivity contribution in [3.63, 3.8) is 0 Å². The normalized spacial score (nSPS) is 18.7. The van der Waals surface area contributed by atoms with Crippen molar-refractivity contribution in [2.24, 2.45) is 0 Å². The van der Waals surface area contributed by atoms with Crippen molar-refractivity contribution >= 4 is 22.2 Å². The molecule has 0 aromatic carbocycles. The van der Waals surface area contributed by atoms with Gasteiger partial charge in [-0.2, -0.15) is 0 Å². The van der Waals surface area contributed by atoms with Gasteiger partial charge in [0, 0.05) is 24.3 Å². The number of hydrogen-bond donors (Lipinski definition) is 0. The van der Waals surface area contributed by atoms with Gasteiger partial charge >= 0.3 is 0 Å². The lowest BCUT2D eigenvalue weighted by Gasteiger charge is -2.28. The first kappa shape index (κ1) is 15.1. The summed E-state index contributed by atoms with van der Waals surface area (Å²) in [5.41, 5.74) is -0.196. The lowest BCUT2D eigenvalue weighted by molar-refractivity contribution is 0.0656. The van der Waals surface area contributed by atoms with Gasteiger partial charge in [0.1, 0.15) is 11.3 Å². The Morgan fingerprint density at radius 1 is 1.33 bits per heavy atom. The summed E-state index contributed by atoms with van der Waals surface area (Å²) < 4.78 is 6.97. The van der Waals surface area contributed by atoms with Crippen molar-refractivity contribution in [1.82, 2.24) is 14.3 Å². The fourth-order valence-corrected chi connectivity index (χ4v) is 3.93. The van der Waals surface area contributed by atoms with Crippen LogP contribution < -0.4 is 5.56 Å². The van der Waals surface area contributed by atoms with E-state index in [9.17, 15) is 9.59 Å². The Labute approximate surface area is 142 Å². The van der Waals surface area contributed by atoms with E-state index in [1.54, 1.807) is 22.7 Å². The van der Waals surface area contributed by atoms with Crippen LogP contribution in [0.3, 0.4) is 0 Å². The number of hydrogen-bond acceptors (Lipinski definition) is 5. The smallest absolute Gasteiger partial charge is 0.271 e. The van der Waals surface area contributed by atoms with Crippen LogP contribution >= 0.6 is 11.3 Å². The minimum absolute atomic E-state index is 0.115. The molecule has 124 valence electrons. The predicted octanol–water partition coefficient (Wildman–Crippen LogP) is 3.11. The molecule has 6 nitrogen and oxygen atoms in total. The standard InChI is InChI=1S/C17H17N3O3S/c21-15(12-11-18-17-20(16(12)22)8-10-24-17)19-7-3-1-2-5-13(19)14-6-4-9-23-14/h4,6,8-11,13H,1-3,5,7H2/t13-/m0/s1. The minimum Gasteiger partial charge on any atom is -0.467 e. The third-order valence-electron chi connectivity index (χ3n) is 4.46. The lowest BCUT2D eigenvalue weighted by atomic mass is 10.1. The number of thiazole rings is 1. The zero-order valence-electron chi connectivity index (χ0n) is 13.1. The maximum Gasteiger partial charge on any atom is 0.271 e. The molecule has 1 saturated heterocycles. The summed E-state index contributed by atoms with van der Waals surface area (Å²) in [5, 5.41) is 1.79. The number of furan rings is 1. The van der Waals surface area contributed by atoms with Gasteiger partial charge < -0.3 is 9.32 Å². The number of carbonyl (C=O) groups is 1. The summed E-state index contributed by atoms with van der Waals surface area (Å²) in [4.78, 5) is 32.3. The summed E-state index contributed by atoms with van der Waals surface area (Å²) in [5.74, 6) is 0.506. The average Bonchev–Trinajstić information content (AvgIpc) is 3.23. The summed E-state index contributed by atoms with van der Waals surface area (Å²) in [7, 11) is 0. The molecule has 1 aliphatic rings. The van der Waals surface area contributed by atoms with E-state index in [1.807, 2.05) is 12.1 Å². The molecule has 3 aromatic heterocycles. The van der Waals surface area contributed by atoms with Crippen molar-refractivity contribution < 1.29 is 9.21 Å². The van der Waals surface area contributed by atoms with Crippen molar-refractivity contribution in [3.05, 3.63) is 57.8 Å². The monoisotopic (exact) mass is 343 g/mol. The molecular weight excluding hydrogens is 326 g/mol. The number of rotatable bonds is 2. The maximum atomic E-state index is 13.1. The van der Waals surface area contributed by atoms with Gasteiger partial charge in [0.15, 0.2) is 4.96 Å². The Bertz CT molecular complexity index is 913. The highest BCUT2D eigenvalue weighted by atomic mass is 32.1. The van der Waals surface area contributed by atoms with Gasteiger partial charge in [-0.3, -0.25) is 14.0 Å². The fourth-order valence-electron chi connectivity index (χ4n) is 3.25. The van der Waals surface area contributed by atoms with E-state index in [2.05, 4.69) is 4.98 Å². The molecule has 0 N–H and O–H groups in total. The average molecular weight is 343 g/mol. The summed E-state index contributed by atoms with van der Waals surface area (Å²) in [6.07, 6.45) is 8.56. The molecule has 0 saturated carbocycles. The van der Waals surface area contributed by atoms with Gasteiger partial charge in [-0.05, 0) is 25.0 Å². The van der Waals surface area contributed by atoms with Gasteiger partial charge in [0.05, 0.1) is 12.3 Å². The zero-order valence-corrected chi connectivity index (χ0v) is 13.9. The first-order valence-corrected chi connectivity index (χ1v) is 8.93. The molecule has 1 amide bonds. The predicted molar refractivity (Wildman–Crippen MR) is 90.3 cm³/mol. The van der Waals surface area contributed by atoms with Crippen LogP contribution in [0.2, 0.25) is 0 Å². The van der Waals surface area contributed by atoms with Crippen LogP contribution in [-0.2, 0) is 0 Å². The van der Waals surface area contributed by atoms with E-state index in [1.165, 1.54) is 21.9 Å². The molecule has 0 aliphatic carbocycles. The van der Waals surface area contributed by atoms with Gasteiger partial charge in [0.25, 0.3) is 11.5 Å². The zero-order chi connectivity index (χ0) is 16.5. The van der Waals surface area contributed by atoms with E-state index in [0.29, 0.717) is 11.5 Å². The largest absolute Gasteiger partial charge is 0.467 e. The van der Waals surface area contributed by atoms with E-state index in [4.69, 9.17) is 4.42 Å². The summed E-state index contributed by atoms with van der Waals surface area (Å²) in [6.45, 7) is 0.621. The molecule has 1 atom stereocenters. The van der Waals surface area contributed by atoms with Crippen LogP contribution in [0.4, 0.5) is 0 Å². The number of carbonyl (C=O) groups excluding carboxylic acids is 1. The quantitative estimate of drug-likeness (QED) is 0.717. The Morgan fingerprint density at radius 2 is 2.25 bits per heavy atom. The van der Waals surface area contributed by atoms with Crippen LogP contribution in [-0.4, -0.2) is 26.7 Å². The number of amides is 1. The van der Waals surface area contributed by atoms with Crippen LogP contribution in [0, 0.1) is 0 Å². The van der Waals surface area contributed by atoms with Crippen molar-refractivity contribution in [3.8, 4) is 0 Å². The van der Waals surface area contributed by atoms with Crippen LogP contribution in [0.25, 0.3) is 4.96 Å². The molecule has 1 aliphatic heterocycles. The number of aromatic nitrogens is 2. The summed E-state index contributed by atoms with van der Waals surface area (Å²) in [6, 6.07) is 3.60. The van der Waals surface area contributed by atoms with E-state index in [-0.39, 0.29) is 23.1 Å². The lowest BCUT2D eigenvalue weighted by Crippen LogP contribution is -2.38. The molecule has 4 heterocycles. The maximum absolute atomic E-state index is 13.1. The highest BCUT2D eigenvalue weighted by Crippen LogP contribution is 2.31. The number of likely N-dealkylation sites (tertiary alicyclic amines) is 1. The number of fused-ring (bicyclic) bond motifs is 1. The van der Waals surface area contributed by atoms with Crippen LogP contribution in [0.5, 0.6) is 0 Å². The van der Waals surface area contributed by atoms with Crippen molar-refractivity contribution in [2.45, 2.75) is 31.7 Å². The molecular formula is C17H17N3O3S. The highest BCUT2D eigenvalue weighted by Gasteiger charge is 2.31. The molecule has 0 bridgehead atoms. The second kappa shape index (κ2) is 6.24. The van der Waals surface area contributed by atoms with Gasteiger partial charge in [-0.15, -0.1) is 11.3 Å². The summed E-state index contributed by atoms with van der Waals surface area (Å²) >= 11 is 1.37. The second-order valence-corrected chi connectivity index (χ2v) is 6.78. The van der Waals surface area contributed by atoms with E-state index >= 15 is 0 Å². The highest BCUT2D eigenvalue weighted by molar-refractivity contribution is 7.15. The first-order chi connectivity index (χ1) is 11.8. The second-order valence-electron chi connectivity index (χ2n) is 5.91. The first-order valence-electron chi connectivity index (χ1n) is 8.05. The Morgan fingerprint density at radius 3 is 3.08 bits per heavy atom. The third kappa shape index (κ3) is 2.54. The van der Waals surface area contributed by atoms with Crippen molar-refractivity contribution in [1.29, 1.82) is 0 Å². The Hall–Kier alpha value is -2.41. The Balaban J connectivity index is 1.74.